The van der Waals surface area contributed by atoms with Gasteiger partial charge in [-0.2, -0.15) is 0 Å². The highest BCUT2D eigenvalue weighted by atomic mass is 16.3. The summed E-state index contributed by atoms with van der Waals surface area (Å²) in [5.41, 5.74) is -0.105. The first kappa shape index (κ1) is 8.37. The lowest BCUT2D eigenvalue weighted by Gasteiger charge is -2.03. The number of hydrogen-bond acceptors (Lipinski definition) is 4. The van der Waals surface area contributed by atoms with E-state index in [0.29, 0.717) is 0 Å². The molecule has 0 saturated heterocycles. The van der Waals surface area contributed by atoms with Gasteiger partial charge in [-0.1, -0.05) is 12.1 Å². The molecule has 0 aliphatic rings. The second-order valence-corrected chi connectivity index (χ2v) is 3.95. The van der Waals surface area contributed by atoms with Crippen molar-refractivity contribution in [3.63, 3.8) is 0 Å². The summed E-state index contributed by atoms with van der Waals surface area (Å²) in [4.78, 5) is 12.5. The van der Waals surface area contributed by atoms with Crippen molar-refractivity contribution in [2.24, 2.45) is 0 Å². The molecule has 0 amide bonds. The Balaban J connectivity index is 2.32. The third-order valence-corrected chi connectivity index (χ3v) is 2.72. The molecule has 0 fully saturated rings. The quantitative estimate of drug-likeness (QED) is 0.703. The molecule has 0 aliphatic heterocycles. The van der Waals surface area contributed by atoms with E-state index >= 15 is 0 Å². The van der Waals surface area contributed by atoms with Crippen LogP contribution in [0, 0.1) is 0 Å². The predicted octanol–water partition coefficient (Wildman–Crippen LogP) is 2.87. The number of phenolic OH excluding ortho intramolecular Hbond substituents is 2. The molecule has 0 unspecified atom stereocenters. The highest BCUT2D eigenvalue weighted by molar-refractivity contribution is 5.82. The van der Waals surface area contributed by atoms with Gasteiger partial charge in [-0.3, -0.25) is 4.79 Å². The minimum Gasteiger partial charge on any atom is -0.508 e. The van der Waals surface area contributed by atoms with Crippen LogP contribution in [0.2, 0.25) is 0 Å². The minimum atomic E-state index is -0.465. The Hall–Kier alpha value is -2.75. The number of rotatable bonds is 1. The maximum atomic E-state index is 12.5. The summed E-state index contributed by atoms with van der Waals surface area (Å²) in [5.74, 6) is -0.762. The molecular weight excluding hydrogens is 244 g/mol. The van der Waals surface area contributed by atoms with Crippen LogP contribution in [-0.4, -0.2) is 10.2 Å². The molecule has 3 aromatic rings. The molecule has 1 aromatic heterocycles. The van der Waals surface area contributed by atoms with Crippen LogP contribution in [0.5, 0.6) is 11.5 Å². The summed E-state index contributed by atoms with van der Waals surface area (Å²) in [6.45, 7) is 0. The average molecular weight is 257 g/mol. The molecule has 4 heteroatoms. The fraction of sp³-hybridized carbons (Fsp3) is 0. The summed E-state index contributed by atoms with van der Waals surface area (Å²) < 4.78 is 28.1. The van der Waals surface area contributed by atoms with Crippen molar-refractivity contribution < 1.29 is 18.7 Å². The normalized spacial score (nSPS) is 12.9. The van der Waals surface area contributed by atoms with Crippen molar-refractivity contribution in [2.45, 2.75) is 0 Å². The monoisotopic (exact) mass is 257 g/mol. The maximum absolute atomic E-state index is 12.5. The summed E-state index contributed by atoms with van der Waals surface area (Å²) in [5, 5.41) is 19.0. The Kier molecular flexibility index (Phi) is 1.84. The first-order valence-electron chi connectivity index (χ1n) is 6.95. The Labute approximate surface area is 112 Å². The molecule has 0 aliphatic carbocycles. The molecular formula is C15H10O4. The molecule has 2 N–H and O–H groups in total. The van der Waals surface area contributed by atoms with Crippen molar-refractivity contribution in [3.8, 4) is 22.6 Å². The highest BCUT2D eigenvalue weighted by Crippen LogP contribution is 2.23. The van der Waals surface area contributed by atoms with Crippen LogP contribution in [0.4, 0.5) is 0 Å². The van der Waals surface area contributed by atoms with Crippen LogP contribution < -0.4 is 5.43 Å². The first-order valence-corrected chi connectivity index (χ1v) is 5.45. The van der Waals surface area contributed by atoms with Crippen LogP contribution in [0.15, 0.2) is 57.9 Å². The number of aromatic hydroxyl groups is 2. The second kappa shape index (κ2) is 4.17. The fourth-order valence-corrected chi connectivity index (χ4v) is 1.78. The van der Waals surface area contributed by atoms with Gasteiger partial charge in [0.1, 0.15) is 23.3 Å². The molecule has 0 spiro atoms. The average Bonchev–Trinajstić information content (AvgIpc) is 2.48. The van der Waals surface area contributed by atoms with E-state index in [9.17, 15) is 15.0 Å². The topological polar surface area (TPSA) is 70.7 Å². The summed E-state index contributed by atoms with van der Waals surface area (Å²) in [6, 6.07) is 4.27. The van der Waals surface area contributed by atoms with Crippen LogP contribution in [0.25, 0.3) is 22.1 Å². The molecule has 19 heavy (non-hydrogen) atoms. The van der Waals surface area contributed by atoms with Crippen LogP contribution >= 0.6 is 0 Å². The lowest BCUT2D eigenvalue weighted by molar-refractivity contribution is 0.473. The lowest BCUT2D eigenvalue weighted by Crippen LogP contribution is -2.04. The van der Waals surface area contributed by atoms with Gasteiger partial charge in [-0.05, 0) is 29.8 Å². The predicted molar refractivity (Wildman–Crippen MR) is 71.2 cm³/mol. The smallest absolute Gasteiger partial charge is 0.200 e. The zero-order valence-electron chi connectivity index (χ0n) is 12.6. The van der Waals surface area contributed by atoms with Gasteiger partial charge >= 0.3 is 0 Å². The highest BCUT2D eigenvalue weighted by Gasteiger charge is 2.09. The Morgan fingerprint density at radius 3 is 2.53 bits per heavy atom. The number of benzene rings is 2. The fourth-order valence-electron chi connectivity index (χ4n) is 1.78. The van der Waals surface area contributed by atoms with Crippen LogP contribution in [-0.2, 0) is 0 Å². The van der Waals surface area contributed by atoms with E-state index in [4.69, 9.17) is 8.53 Å². The third-order valence-electron chi connectivity index (χ3n) is 2.72. The van der Waals surface area contributed by atoms with Crippen molar-refractivity contribution in [2.75, 3.05) is 0 Å². The maximum Gasteiger partial charge on any atom is 0.200 e. The second-order valence-electron chi connectivity index (χ2n) is 3.95. The molecule has 2 aromatic carbocycles. The van der Waals surface area contributed by atoms with Gasteiger partial charge in [0.2, 0.25) is 0 Å². The van der Waals surface area contributed by atoms with Crippen molar-refractivity contribution in [1.29, 1.82) is 0 Å². The Morgan fingerprint density at radius 1 is 1.05 bits per heavy atom. The van der Waals surface area contributed by atoms with Gasteiger partial charge in [0, 0.05) is 6.04 Å². The van der Waals surface area contributed by atoms with Crippen molar-refractivity contribution >= 4 is 11.0 Å². The van der Waals surface area contributed by atoms with E-state index in [0.717, 1.165) is 6.26 Å². The van der Waals surface area contributed by atoms with Crippen LogP contribution in [0.3, 0.4) is 0 Å². The van der Waals surface area contributed by atoms with E-state index in [1.165, 1.54) is 24.3 Å². The van der Waals surface area contributed by atoms with Crippen molar-refractivity contribution in [1.82, 2.24) is 0 Å². The van der Waals surface area contributed by atoms with E-state index in [-0.39, 0.29) is 46.0 Å². The summed E-state index contributed by atoms with van der Waals surface area (Å²) in [7, 11) is 0. The molecule has 3 rings (SSSR count). The lowest BCUT2D eigenvalue weighted by atomic mass is 10.1. The SMILES string of the molecule is [2H]c1cc(-c2coc3c([2H])c(O)ccc3c2=O)cc([2H])c1O. The minimum absolute atomic E-state index is 0.0373. The summed E-state index contributed by atoms with van der Waals surface area (Å²) in [6.07, 6.45) is 1.12. The van der Waals surface area contributed by atoms with Gasteiger partial charge in [-0.15, -0.1) is 0 Å². The van der Waals surface area contributed by atoms with Gasteiger partial charge in [0.25, 0.3) is 0 Å². The molecule has 1 heterocycles. The summed E-state index contributed by atoms with van der Waals surface area (Å²) >= 11 is 0. The molecule has 0 saturated carbocycles. The number of fused-ring (bicyclic) bond motifs is 1. The van der Waals surface area contributed by atoms with Gasteiger partial charge in [0.05, 0.1) is 15.1 Å². The van der Waals surface area contributed by atoms with E-state index in [1.807, 2.05) is 0 Å². The molecule has 4 nitrogen and oxygen atoms in total. The van der Waals surface area contributed by atoms with Gasteiger partial charge in [-0.25, -0.2) is 0 Å². The standard InChI is InChI=1S/C15H10O4/c16-10-3-1-9(2-4-10)13-8-19-14-7-11(17)5-6-12(14)15(13)18/h1-8,16-17H/i3D,4D,7D. The zero-order valence-corrected chi connectivity index (χ0v) is 9.60. The largest absolute Gasteiger partial charge is 0.508 e. The molecule has 0 atom stereocenters. The van der Waals surface area contributed by atoms with E-state index in [1.54, 1.807) is 0 Å². The third kappa shape index (κ3) is 1.93. The first-order chi connectivity index (χ1) is 10.4. The Bertz CT molecular complexity index is 940. The Morgan fingerprint density at radius 2 is 1.79 bits per heavy atom. The van der Waals surface area contributed by atoms with Gasteiger partial charge < -0.3 is 14.6 Å². The zero-order chi connectivity index (χ0) is 16.0. The molecule has 0 bridgehead atoms. The van der Waals surface area contributed by atoms with Crippen molar-refractivity contribution in [3.05, 3.63) is 58.9 Å². The van der Waals surface area contributed by atoms with E-state index in [2.05, 4.69) is 0 Å². The number of phenols is 2. The van der Waals surface area contributed by atoms with Crippen LogP contribution in [0.1, 0.15) is 4.11 Å². The number of hydrogen-bond donors (Lipinski definition) is 2. The van der Waals surface area contributed by atoms with Gasteiger partial charge in [0.15, 0.2) is 5.43 Å². The molecule has 94 valence electrons. The molecule has 0 radical (unpaired) electrons. The van der Waals surface area contributed by atoms with E-state index < -0.39 is 11.2 Å².